The predicted molar refractivity (Wildman–Crippen MR) is 79.8 cm³/mol. The standard InChI is InChI=1S/C14H19N3OS/c1-9-5-6-10-11(7-9)17(13(19)15-10)8-12(18)16-14(2,3)4/h5-7H,8H2,1-4H3,(H,15,19)(H,16,18). The van der Waals surface area contributed by atoms with Gasteiger partial charge in [0.2, 0.25) is 5.91 Å². The molecule has 1 aromatic heterocycles. The van der Waals surface area contributed by atoms with Crippen LogP contribution in [0.15, 0.2) is 18.2 Å². The fourth-order valence-electron chi connectivity index (χ4n) is 2.02. The summed E-state index contributed by atoms with van der Waals surface area (Å²) in [6.45, 7) is 8.14. The summed E-state index contributed by atoms with van der Waals surface area (Å²) in [6, 6.07) is 6.04. The fourth-order valence-corrected chi connectivity index (χ4v) is 2.29. The van der Waals surface area contributed by atoms with E-state index in [0.717, 1.165) is 16.6 Å². The van der Waals surface area contributed by atoms with Crippen LogP contribution in [-0.2, 0) is 11.3 Å². The van der Waals surface area contributed by atoms with E-state index in [9.17, 15) is 4.79 Å². The second kappa shape index (κ2) is 4.81. The molecule has 0 radical (unpaired) electrons. The Morgan fingerprint density at radius 1 is 1.42 bits per heavy atom. The maximum Gasteiger partial charge on any atom is 0.240 e. The smallest absolute Gasteiger partial charge is 0.240 e. The van der Waals surface area contributed by atoms with Crippen LogP contribution >= 0.6 is 12.2 Å². The quantitative estimate of drug-likeness (QED) is 0.829. The Bertz CT molecular complexity index is 676. The number of carbonyl (C=O) groups is 1. The highest BCUT2D eigenvalue weighted by atomic mass is 32.1. The number of hydrogen-bond acceptors (Lipinski definition) is 2. The van der Waals surface area contributed by atoms with E-state index < -0.39 is 0 Å². The van der Waals surface area contributed by atoms with E-state index in [4.69, 9.17) is 12.2 Å². The molecule has 2 aromatic rings. The largest absolute Gasteiger partial charge is 0.350 e. The zero-order valence-electron chi connectivity index (χ0n) is 11.7. The third kappa shape index (κ3) is 3.23. The number of hydrogen-bond donors (Lipinski definition) is 2. The van der Waals surface area contributed by atoms with Gasteiger partial charge in [-0.1, -0.05) is 6.07 Å². The van der Waals surface area contributed by atoms with Gasteiger partial charge in [0.05, 0.1) is 11.0 Å². The van der Waals surface area contributed by atoms with Crippen LogP contribution in [0.25, 0.3) is 11.0 Å². The molecular weight excluding hydrogens is 258 g/mol. The summed E-state index contributed by atoms with van der Waals surface area (Å²) in [5.74, 6) is -0.0361. The molecule has 0 saturated carbocycles. The van der Waals surface area contributed by atoms with Crippen molar-refractivity contribution in [1.29, 1.82) is 0 Å². The highest BCUT2D eigenvalue weighted by Gasteiger charge is 2.15. The lowest BCUT2D eigenvalue weighted by Gasteiger charge is -2.20. The lowest BCUT2D eigenvalue weighted by atomic mass is 10.1. The summed E-state index contributed by atoms with van der Waals surface area (Å²) in [5, 5.41) is 2.94. The molecule has 2 N–H and O–H groups in total. The molecule has 19 heavy (non-hydrogen) atoms. The Kier molecular flexibility index (Phi) is 3.49. The van der Waals surface area contributed by atoms with Gasteiger partial charge in [-0.25, -0.2) is 0 Å². The first-order chi connectivity index (χ1) is 8.76. The molecule has 1 heterocycles. The number of carbonyl (C=O) groups excluding carboxylic acids is 1. The number of rotatable bonds is 2. The third-order valence-electron chi connectivity index (χ3n) is 2.75. The van der Waals surface area contributed by atoms with Crippen LogP contribution in [0, 0.1) is 11.7 Å². The van der Waals surface area contributed by atoms with Gasteiger partial charge in [0.15, 0.2) is 4.77 Å². The first kappa shape index (κ1) is 13.8. The maximum atomic E-state index is 12.0. The zero-order valence-corrected chi connectivity index (χ0v) is 12.5. The number of H-pyrrole nitrogens is 1. The molecule has 0 aliphatic carbocycles. The minimum atomic E-state index is -0.235. The number of imidazole rings is 1. The van der Waals surface area contributed by atoms with Gasteiger partial charge < -0.3 is 14.9 Å². The van der Waals surface area contributed by atoms with Gasteiger partial charge in [-0.3, -0.25) is 4.79 Å². The van der Waals surface area contributed by atoms with E-state index in [-0.39, 0.29) is 18.0 Å². The number of amides is 1. The number of benzene rings is 1. The highest BCUT2D eigenvalue weighted by Crippen LogP contribution is 2.16. The lowest BCUT2D eigenvalue weighted by molar-refractivity contribution is -0.123. The van der Waals surface area contributed by atoms with E-state index in [2.05, 4.69) is 10.3 Å². The Morgan fingerprint density at radius 3 is 2.74 bits per heavy atom. The third-order valence-corrected chi connectivity index (χ3v) is 3.07. The molecule has 2 rings (SSSR count). The summed E-state index contributed by atoms with van der Waals surface area (Å²) in [7, 11) is 0. The molecule has 0 atom stereocenters. The molecule has 0 spiro atoms. The minimum Gasteiger partial charge on any atom is -0.350 e. The predicted octanol–water partition coefficient (Wildman–Crippen LogP) is 2.92. The van der Waals surface area contributed by atoms with Gasteiger partial charge in [0, 0.05) is 5.54 Å². The number of aromatic amines is 1. The van der Waals surface area contributed by atoms with Crippen LogP contribution in [0.2, 0.25) is 0 Å². The van der Waals surface area contributed by atoms with Gasteiger partial charge >= 0.3 is 0 Å². The highest BCUT2D eigenvalue weighted by molar-refractivity contribution is 7.71. The van der Waals surface area contributed by atoms with Crippen molar-refractivity contribution in [1.82, 2.24) is 14.9 Å². The zero-order chi connectivity index (χ0) is 14.2. The number of nitrogens with zero attached hydrogens (tertiary/aromatic N) is 1. The van der Waals surface area contributed by atoms with E-state index >= 15 is 0 Å². The Morgan fingerprint density at radius 2 is 2.11 bits per heavy atom. The van der Waals surface area contributed by atoms with Crippen molar-refractivity contribution in [2.24, 2.45) is 0 Å². The maximum absolute atomic E-state index is 12.0. The molecule has 5 heteroatoms. The molecule has 0 unspecified atom stereocenters. The average Bonchev–Trinajstić information content (AvgIpc) is 2.53. The molecule has 0 aliphatic heterocycles. The van der Waals surface area contributed by atoms with Gasteiger partial charge in [-0.2, -0.15) is 0 Å². The van der Waals surface area contributed by atoms with Crippen LogP contribution in [0.4, 0.5) is 0 Å². The Hall–Kier alpha value is -1.62. The average molecular weight is 277 g/mol. The summed E-state index contributed by atoms with van der Waals surface area (Å²) in [6.07, 6.45) is 0. The summed E-state index contributed by atoms with van der Waals surface area (Å²) < 4.78 is 2.41. The number of fused-ring (bicyclic) bond motifs is 1. The molecule has 0 saturated heterocycles. The van der Waals surface area contributed by atoms with E-state index in [1.54, 1.807) is 0 Å². The second-order valence-corrected chi connectivity index (χ2v) is 6.22. The monoisotopic (exact) mass is 277 g/mol. The summed E-state index contributed by atoms with van der Waals surface area (Å²) >= 11 is 5.28. The van der Waals surface area contributed by atoms with Crippen molar-refractivity contribution < 1.29 is 4.79 Å². The van der Waals surface area contributed by atoms with Crippen molar-refractivity contribution in [2.75, 3.05) is 0 Å². The van der Waals surface area contributed by atoms with Gasteiger partial charge in [0.1, 0.15) is 6.54 Å². The molecule has 1 amide bonds. The summed E-state index contributed by atoms with van der Waals surface area (Å²) in [5.41, 5.74) is 2.83. The second-order valence-electron chi connectivity index (χ2n) is 5.84. The van der Waals surface area contributed by atoms with Crippen molar-refractivity contribution in [3.05, 3.63) is 28.5 Å². The van der Waals surface area contributed by atoms with Crippen molar-refractivity contribution in [2.45, 2.75) is 39.8 Å². The molecule has 1 aromatic carbocycles. The first-order valence-electron chi connectivity index (χ1n) is 6.26. The van der Waals surface area contributed by atoms with Gasteiger partial charge in [-0.15, -0.1) is 0 Å². The van der Waals surface area contributed by atoms with Crippen LogP contribution in [0.5, 0.6) is 0 Å². The minimum absolute atomic E-state index is 0.0361. The molecular formula is C14H19N3OS. The summed E-state index contributed by atoms with van der Waals surface area (Å²) in [4.78, 5) is 15.1. The Balaban J connectivity index is 2.35. The van der Waals surface area contributed by atoms with E-state index in [1.807, 2.05) is 50.5 Å². The normalized spacial score (nSPS) is 11.8. The van der Waals surface area contributed by atoms with Crippen molar-refractivity contribution in [3.63, 3.8) is 0 Å². The number of aryl methyl sites for hydroxylation is 1. The lowest BCUT2D eigenvalue weighted by Crippen LogP contribution is -2.42. The topological polar surface area (TPSA) is 49.8 Å². The van der Waals surface area contributed by atoms with E-state index in [1.165, 1.54) is 0 Å². The molecule has 0 bridgehead atoms. The van der Waals surface area contributed by atoms with Crippen LogP contribution in [-0.4, -0.2) is 21.0 Å². The molecule has 0 fully saturated rings. The van der Waals surface area contributed by atoms with Crippen molar-refractivity contribution >= 4 is 29.2 Å². The number of aromatic nitrogens is 2. The first-order valence-corrected chi connectivity index (χ1v) is 6.67. The van der Waals surface area contributed by atoms with Gasteiger partial charge in [0.25, 0.3) is 0 Å². The number of nitrogens with one attached hydrogen (secondary N) is 2. The SMILES string of the molecule is Cc1ccc2[nH]c(=S)n(CC(=O)NC(C)(C)C)c2c1. The van der Waals surface area contributed by atoms with E-state index in [0.29, 0.717) is 4.77 Å². The molecule has 102 valence electrons. The molecule has 0 aliphatic rings. The van der Waals surface area contributed by atoms with Gasteiger partial charge in [-0.05, 0) is 57.6 Å². The fraction of sp³-hybridized carbons (Fsp3) is 0.429. The van der Waals surface area contributed by atoms with Crippen LogP contribution in [0.3, 0.4) is 0 Å². The van der Waals surface area contributed by atoms with Crippen molar-refractivity contribution in [3.8, 4) is 0 Å². The van der Waals surface area contributed by atoms with Crippen LogP contribution in [0.1, 0.15) is 26.3 Å². The van der Waals surface area contributed by atoms with Crippen LogP contribution < -0.4 is 5.32 Å². The molecule has 4 nitrogen and oxygen atoms in total. The Labute approximate surface area is 117 Å².